The Bertz CT molecular complexity index is 628. The molecule has 2 N–H and O–H groups in total. The van der Waals surface area contributed by atoms with E-state index < -0.39 is 0 Å². The molecule has 3 rings (SSSR count). The second-order valence-electron chi connectivity index (χ2n) is 4.82. The number of aryl methyl sites for hydroxylation is 1. The van der Waals surface area contributed by atoms with Gasteiger partial charge in [0.2, 0.25) is 0 Å². The van der Waals surface area contributed by atoms with E-state index in [0.717, 1.165) is 40.9 Å². The van der Waals surface area contributed by atoms with Crippen LogP contribution in [0.4, 0.5) is 0 Å². The molecule has 0 saturated heterocycles. The average Bonchev–Trinajstić information content (AvgIpc) is 2.76. The van der Waals surface area contributed by atoms with Gasteiger partial charge >= 0.3 is 0 Å². The highest BCUT2D eigenvalue weighted by atomic mass is 16.5. The number of aromatic amines is 1. The quantitative estimate of drug-likeness (QED) is 0.598. The molecule has 1 aromatic heterocycles. The SMILES string of the molecule is COc1ccc2[nH]c3c(c2c1)CCC(C)/C3=N\O. The fourth-order valence-corrected chi connectivity index (χ4v) is 2.72. The Morgan fingerprint density at radius 2 is 2.28 bits per heavy atom. The lowest BCUT2D eigenvalue weighted by molar-refractivity contribution is 0.314. The number of nitrogens with zero attached hydrogens (tertiary/aromatic N) is 1. The average molecular weight is 244 g/mol. The van der Waals surface area contributed by atoms with Crippen LogP contribution in [0.5, 0.6) is 5.75 Å². The molecule has 4 nitrogen and oxygen atoms in total. The summed E-state index contributed by atoms with van der Waals surface area (Å²) in [5, 5.41) is 13.8. The van der Waals surface area contributed by atoms with E-state index in [2.05, 4.69) is 17.1 Å². The number of benzene rings is 1. The number of H-pyrrole nitrogens is 1. The van der Waals surface area contributed by atoms with Crippen molar-refractivity contribution >= 4 is 16.6 Å². The molecule has 1 unspecified atom stereocenters. The van der Waals surface area contributed by atoms with Gasteiger partial charge in [0.05, 0.1) is 12.8 Å². The summed E-state index contributed by atoms with van der Waals surface area (Å²) in [5.41, 5.74) is 4.02. The molecule has 1 atom stereocenters. The number of methoxy groups -OCH3 is 1. The van der Waals surface area contributed by atoms with Crippen molar-refractivity contribution in [3.63, 3.8) is 0 Å². The van der Waals surface area contributed by atoms with E-state index in [1.807, 2.05) is 18.2 Å². The van der Waals surface area contributed by atoms with Gasteiger partial charge in [0.15, 0.2) is 0 Å². The van der Waals surface area contributed by atoms with Crippen molar-refractivity contribution < 1.29 is 9.94 Å². The van der Waals surface area contributed by atoms with Crippen LogP contribution < -0.4 is 4.74 Å². The third kappa shape index (κ3) is 1.49. The normalized spacial score (nSPS) is 21.2. The maximum Gasteiger partial charge on any atom is 0.119 e. The lowest BCUT2D eigenvalue weighted by Gasteiger charge is -2.19. The third-order valence-corrected chi connectivity index (χ3v) is 3.77. The van der Waals surface area contributed by atoms with E-state index in [1.54, 1.807) is 7.11 Å². The lowest BCUT2D eigenvalue weighted by Crippen LogP contribution is -2.20. The summed E-state index contributed by atoms with van der Waals surface area (Å²) in [5.74, 6) is 1.14. The van der Waals surface area contributed by atoms with E-state index in [9.17, 15) is 5.21 Å². The molecule has 0 fully saturated rings. The molecular weight excluding hydrogens is 228 g/mol. The highest BCUT2D eigenvalue weighted by Crippen LogP contribution is 2.33. The van der Waals surface area contributed by atoms with Crippen molar-refractivity contribution in [2.45, 2.75) is 19.8 Å². The van der Waals surface area contributed by atoms with Gasteiger partial charge in [-0.2, -0.15) is 0 Å². The molecule has 0 aliphatic heterocycles. The van der Waals surface area contributed by atoms with Crippen molar-refractivity contribution in [3.05, 3.63) is 29.5 Å². The zero-order chi connectivity index (χ0) is 12.7. The van der Waals surface area contributed by atoms with Crippen molar-refractivity contribution in [1.82, 2.24) is 4.98 Å². The van der Waals surface area contributed by atoms with Crippen LogP contribution >= 0.6 is 0 Å². The van der Waals surface area contributed by atoms with Crippen molar-refractivity contribution in [2.75, 3.05) is 7.11 Å². The third-order valence-electron chi connectivity index (χ3n) is 3.77. The number of hydrogen-bond donors (Lipinski definition) is 2. The standard InChI is InChI=1S/C14H16N2O2/c1-8-3-5-10-11-7-9(18-2)4-6-12(11)15-14(10)13(8)16-17/h4,6-8,15,17H,3,5H2,1-2H3/b16-13+. The second kappa shape index (κ2) is 4.05. The van der Waals surface area contributed by atoms with E-state index >= 15 is 0 Å². The minimum Gasteiger partial charge on any atom is -0.497 e. The highest BCUT2D eigenvalue weighted by molar-refractivity contribution is 6.07. The topological polar surface area (TPSA) is 57.6 Å². The van der Waals surface area contributed by atoms with Crippen molar-refractivity contribution in [1.29, 1.82) is 0 Å². The Morgan fingerprint density at radius 3 is 3.00 bits per heavy atom. The van der Waals surface area contributed by atoms with E-state index in [0.29, 0.717) is 0 Å². The first-order valence-corrected chi connectivity index (χ1v) is 6.15. The number of hydrogen-bond acceptors (Lipinski definition) is 3. The lowest BCUT2D eigenvalue weighted by atomic mass is 9.86. The summed E-state index contributed by atoms with van der Waals surface area (Å²) in [6.07, 6.45) is 2.01. The van der Waals surface area contributed by atoms with Crippen LogP contribution in [-0.4, -0.2) is 23.0 Å². The Labute approximate surface area is 105 Å². The monoisotopic (exact) mass is 244 g/mol. The Balaban J connectivity index is 2.25. The molecule has 94 valence electrons. The Hall–Kier alpha value is -1.97. The van der Waals surface area contributed by atoms with E-state index in [4.69, 9.17) is 4.74 Å². The van der Waals surface area contributed by atoms with Gasteiger partial charge in [0.25, 0.3) is 0 Å². The van der Waals surface area contributed by atoms with Gasteiger partial charge in [0.1, 0.15) is 11.5 Å². The fourth-order valence-electron chi connectivity index (χ4n) is 2.72. The summed E-state index contributed by atoms with van der Waals surface area (Å²) in [4.78, 5) is 3.35. The molecule has 1 aliphatic rings. The van der Waals surface area contributed by atoms with Crippen LogP contribution in [0.2, 0.25) is 0 Å². The maximum absolute atomic E-state index is 9.18. The van der Waals surface area contributed by atoms with Crippen LogP contribution in [-0.2, 0) is 6.42 Å². The Kier molecular flexibility index (Phi) is 2.51. The van der Waals surface area contributed by atoms with Gasteiger partial charge in [-0.25, -0.2) is 0 Å². The first kappa shape index (κ1) is 11.1. The molecule has 2 aromatic rings. The molecule has 0 amide bonds. The smallest absolute Gasteiger partial charge is 0.119 e. The van der Waals surface area contributed by atoms with Crippen LogP contribution in [0.1, 0.15) is 24.6 Å². The molecule has 0 bridgehead atoms. The molecule has 1 aliphatic carbocycles. The number of aromatic nitrogens is 1. The number of fused-ring (bicyclic) bond motifs is 3. The molecule has 1 aromatic carbocycles. The zero-order valence-electron chi connectivity index (χ0n) is 10.5. The van der Waals surface area contributed by atoms with E-state index in [1.165, 1.54) is 5.56 Å². The minimum absolute atomic E-state index is 0.289. The zero-order valence-corrected chi connectivity index (χ0v) is 10.5. The summed E-state index contributed by atoms with van der Waals surface area (Å²) < 4.78 is 5.26. The summed E-state index contributed by atoms with van der Waals surface area (Å²) >= 11 is 0. The van der Waals surface area contributed by atoms with Gasteiger partial charge in [-0.3, -0.25) is 0 Å². The first-order chi connectivity index (χ1) is 8.74. The largest absolute Gasteiger partial charge is 0.497 e. The molecular formula is C14H16N2O2. The predicted octanol–water partition coefficient (Wildman–Crippen LogP) is 2.94. The number of nitrogens with one attached hydrogen (secondary N) is 1. The highest BCUT2D eigenvalue weighted by Gasteiger charge is 2.26. The van der Waals surface area contributed by atoms with Gasteiger partial charge in [0, 0.05) is 16.8 Å². The van der Waals surface area contributed by atoms with Crippen molar-refractivity contribution in [2.24, 2.45) is 11.1 Å². The van der Waals surface area contributed by atoms with E-state index in [-0.39, 0.29) is 5.92 Å². The Morgan fingerprint density at radius 1 is 1.44 bits per heavy atom. The maximum atomic E-state index is 9.18. The van der Waals surface area contributed by atoms with Crippen LogP contribution in [0.15, 0.2) is 23.4 Å². The molecule has 0 radical (unpaired) electrons. The van der Waals surface area contributed by atoms with Gasteiger partial charge in [-0.1, -0.05) is 12.1 Å². The van der Waals surface area contributed by atoms with Crippen LogP contribution in [0.3, 0.4) is 0 Å². The first-order valence-electron chi connectivity index (χ1n) is 6.15. The summed E-state index contributed by atoms with van der Waals surface area (Å²) in [6, 6.07) is 5.98. The molecule has 1 heterocycles. The fraction of sp³-hybridized carbons (Fsp3) is 0.357. The summed E-state index contributed by atoms with van der Waals surface area (Å²) in [6.45, 7) is 2.09. The second-order valence-corrected chi connectivity index (χ2v) is 4.82. The number of ether oxygens (including phenoxy) is 1. The number of oxime groups is 1. The molecule has 0 spiro atoms. The van der Waals surface area contributed by atoms with Crippen LogP contribution in [0, 0.1) is 5.92 Å². The minimum atomic E-state index is 0.289. The van der Waals surface area contributed by atoms with Gasteiger partial charge in [-0.15, -0.1) is 0 Å². The summed E-state index contributed by atoms with van der Waals surface area (Å²) in [7, 11) is 1.67. The molecule has 0 saturated carbocycles. The van der Waals surface area contributed by atoms with Crippen molar-refractivity contribution in [3.8, 4) is 5.75 Å². The van der Waals surface area contributed by atoms with Gasteiger partial charge < -0.3 is 14.9 Å². The molecule has 18 heavy (non-hydrogen) atoms. The van der Waals surface area contributed by atoms with Crippen LogP contribution in [0.25, 0.3) is 10.9 Å². The number of rotatable bonds is 1. The predicted molar refractivity (Wildman–Crippen MR) is 70.7 cm³/mol. The van der Waals surface area contributed by atoms with Gasteiger partial charge in [-0.05, 0) is 36.6 Å². The molecule has 4 heteroatoms.